The zero-order valence-corrected chi connectivity index (χ0v) is 20.3. The summed E-state index contributed by atoms with van der Waals surface area (Å²) in [7, 11) is 0. The van der Waals surface area contributed by atoms with Crippen LogP contribution in [0.5, 0.6) is 0 Å². The van der Waals surface area contributed by atoms with E-state index in [0.717, 1.165) is 4.88 Å². The number of nitrogen functional groups attached to an aromatic ring is 2. The van der Waals surface area contributed by atoms with Crippen molar-refractivity contribution < 1.29 is 23.9 Å². The highest BCUT2D eigenvalue weighted by molar-refractivity contribution is 7.14. The minimum absolute atomic E-state index is 0.0117. The monoisotopic (exact) mass is 501 g/mol. The van der Waals surface area contributed by atoms with E-state index in [0.29, 0.717) is 34.6 Å². The average Bonchev–Trinajstić information content (AvgIpc) is 3.30. The van der Waals surface area contributed by atoms with Crippen molar-refractivity contribution in [2.45, 2.75) is 45.6 Å². The lowest BCUT2D eigenvalue weighted by atomic mass is 10.1. The standard InChI is InChI=1S/C22H27N7O5S/c1-3-33-16(30)10-8-14(21(32)34-4-2)27-20(31)15-9-7-13(35-15)6-5-12-11-25-19-17(26-12)18(23)28-22(24)29-19/h7,9,11,14H,3-6,8,10H2,1-2H3,(H,27,31)(H4,23,24,25,28,29)/t14-/m0/s1. The molecule has 5 N–H and O–H groups in total. The number of thiophene rings is 1. The van der Waals surface area contributed by atoms with Gasteiger partial charge in [-0.15, -0.1) is 11.3 Å². The fourth-order valence-corrected chi connectivity index (χ4v) is 4.12. The van der Waals surface area contributed by atoms with Crippen molar-refractivity contribution in [3.05, 3.63) is 33.8 Å². The lowest BCUT2D eigenvalue weighted by Crippen LogP contribution is -2.42. The van der Waals surface area contributed by atoms with Crippen LogP contribution < -0.4 is 16.8 Å². The molecule has 13 heteroatoms. The summed E-state index contributed by atoms with van der Waals surface area (Å²) in [5, 5.41) is 2.66. The number of carbonyl (C=O) groups excluding carboxylic acids is 3. The van der Waals surface area contributed by atoms with Gasteiger partial charge in [0.05, 0.1) is 30.0 Å². The molecule has 3 aromatic rings. The number of nitrogens with two attached hydrogens (primary N) is 2. The lowest BCUT2D eigenvalue weighted by Gasteiger charge is -2.16. The molecule has 3 rings (SSSR count). The molecule has 0 aliphatic heterocycles. The first-order valence-electron chi connectivity index (χ1n) is 11.1. The van der Waals surface area contributed by atoms with Gasteiger partial charge in [0, 0.05) is 11.3 Å². The van der Waals surface area contributed by atoms with Crippen molar-refractivity contribution in [1.29, 1.82) is 0 Å². The molecule has 0 aliphatic rings. The maximum Gasteiger partial charge on any atom is 0.328 e. The Hall–Kier alpha value is -3.87. The molecule has 0 aromatic carbocycles. The lowest BCUT2D eigenvalue weighted by molar-refractivity contribution is -0.146. The number of fused-ring (bicyclic) bond motifs is 1. The number of hydrogen-bond acceptors (Lipinski definition) is 12. The fourth-order valence-electron chi connectivity index (χ4n) is 3.21. The van der Waals surface area contributed by atoms with Crippen LogP contribution in [0, 0.1) is 0 Å². The smallest absolute Gasteiger partial charge is 0.328 e. The number of anilines is 2. The van der Waals surface area contributed by atoms with Gasteiger partial charge in [-0.3, -0.25) is 9.59 Å². The average molecular weight is 502 g/mol. The second-order valence-corrected chi connectivity index (χ2v) is 8.56. The number of aromatic nitrogens is 4. The van der Waals surface area contributed by atoms with Gasteiger partial charge in [0.2, 0.25) is 5.95 Å². The quantitative estimate of drug-likeness (QED) is 0.323. The molecule has 0 saturated carbocycles. The number of amides is 1. The molecule has 35 heavy (non-hydrogen) atoms. The highest BCUT2D eigenvalue weighted by Gasteiger charge is 2.24. The predicted molar refractivity (Wildman–Crippen MR) is 129 cm³/mol. The molecule has 0 saturated heterocycles. The molecule has 0 radical (unpaired) electrons. The molecule has 0 bridgehead atoms. The van der Waals surface area contributed by atoms with E-state index in [2.05, 4.69) is 25.3 Å². The number of aryl methyl sites for hydroxylation is 2. The second-order valence-electron chi connectivity index (χ2n) is 7.39. The molecule has 0 aliphatic carbocycles. The Balaban J connectivity index is 1.62. The third-order valence-electron chi connectivity index (χ3n) is 4.83. The fraction of sp³-hybridized carbons (Fsp3) is 0.409. The van der Waals surface area contributed by atoms with Crippen molar-refractivity contribution in [3.8, 4) is 0 Å². The first-order valence-corrected chi connectivity index (χ1v) is 11.9. The summed E-state index contributed by atoms with van der Waals surface area (Å²) in [5.74, 6) is -1.26. The van der Waals surface area contributed by atoms with E-state index >= 15 is 0 Å². The summed E-state index contributed by atoms with van der Waals surface area (Å²) in [6.45, 7) is 3.78. The molecule has 1 amide bonds. The molecule has 1 atom stereocenters. The summed E-state index contributed by atoms with van der Waals surface area (Å²) in [6, 6.07) is 2.57. The van der Waals surface area contributed by atoms with Gasteiger partial charge in [-0.25, -0.2) is 14.8 Å². The maximum absolute atomic E-state index is 12.7. The summed E-state index contributed by atoms with van der Waals surface area (Å²) in [5.41, 5.74) is 12.9. The highest BCUT2D eigenvalue weighted by atomic mass is 32.1. The van der Waals surface area contributed by atoms with Crippen LogP contribution in [0.15, 0.2) is 18.3 Å². The molecule has 186 valence electrons. The Bertz CT molecular complexity index is 1220. The minimum atomic E-state index is -0.952. The minimum Gasteiger partial charge on any atom is -0.466 e. The third-order valence-corrected chi connectivity index (χ3v) is 5.98. The van der Waals surface area contributed by atoms with Crippen molar-refractivity contribution in [1.82, 2.24) is 25.3 Å². The highest BCUT2D eigenvalue weighted by Crippen LogP contribution is 2.20. The third kappa shape index (κ3) is 7.06. The van der Waals surface area contributed by atoms with Crippen molar-refractivity contribution in [2.75, 3.05) is 24.7 Å². The molecule has 12 nitrogen and oxygen atoms in total. The second kappa shape index (κ2) is 12.0. The van der Waals surface area contributed by atoms with Crippen LogP contribution in [0.4, 0.5) is 11.8 Å². The normalized spacial score (nSPS) is 11.7. The molecule has 0 unspecified atom stereocenters. The molecule has 3 heterocycles. The van der Waals surface area contributed by atoms with Crippen LogP contribution in [0.1, 0.15) is 46.9 Å². The Kier molecular flexibility index (Phi) is 8.84. The van der Waals surface area contributed by atoms with E-state index in [4.69, 9.17) is 20.9 Å². The Morgan fingerprint density at radius 1 is 1.06 bits per heavy atom. The summed E-state index contributed by atoms with van der Waals surface area (Å²) in [4.78, 5) is 54.7. The predicted octanol–water partition coefficient (Wildman–Crippen LogP) is 1.44. The number of hydrogen-bond donors (Lipinski definition) is 3. The van der Waals surface area contributed by atoms with E-state index in [-0.39, 0.29) is 37.8 Å². The first-order chi connectivity index (χ1) is 16.8. The molecule has 0 fully saturated rings. The zero-order valence-electron chi connectivity index (χ0n) is 19.4. The van der Waals surface area contributed by atoms with E-state index in [1.165, 1.54) is 11.3 Å². The van der Waals surface area contributed by atoms with Crippen LogP contribution in [0.3, 0.4) is 0 Å². The summed E-state index contributed by atoms with van der Waals surface area (Å²) in [6.07, 6.45) is 2.84. The van der Waals surface area contributed by atoms with Gasteiger partial charge < -0.3 is 26.3 Å². The van der Waals surface area contributed by atoms with Gasteiger partial charge in [0.1, 0.15) is 6.04 Å². The number of nitrogens with zero attached hydrogens (tertiary/aromatic N) is 4. The van der Waals surface area contributed by atoms with Gasteiger partial charge >= 0.3 is 11.9 Å². The van der Waals surface area contributed by atoms with E-state index in [1.807, 2.05) is 6.07 Å². The number of rotatable bonds is 11. The zero-order chi connectivity index (χ0) is 25.4. The van der Waals surface area contributed by atoms with Crippen LogP contribution in [0.2, 0.25) is 0 Å². The van der Waals surface area contributed by atoms with Crippen LogP contribution in [0.25, 0.3) is 11.2 Å². The van der Waals surface area contributed by atoms with Gasteiger partial charge in [-0.2, -0.15) is 9.97 Å². The van der Waals surface area contributed by atoms with Gasteiger partial charge in [-0.1, -0.05) is 0 Å². The molecular formula is C22H27N7O5S. The van der Waals surface area contributed by atoms with Gasteiger partial charge in [0.25, 0.3) is 5.91 Å². The summed E-state index contributed by atoms with van der Waals surface area (Å²) >= 11 is 1.30. The summed E-state index contributed by atoms with van der Waals surface area (Å²) < 4.78 is 9.92. The Morgan fingerprint density at radius 2 is 1.83 bits per heavy atom. The van der Waals surface area contributed by atoms with Crippen molar-refractivity contribution >= 4 is 52.1 Å². The van der Waals surface area contributed by atoms with Crippen LogP contribution in [-0.4, -0.2) is 57.0 Å². The van der Waals surface area contributed by atoms with E-state index in [1.54, 1.807) is 26.1 Å². The molecular weight excluding hydrogens is 474 g/mol. The number of carbonyl (C=O) groups is 3. The van der Waals surface area contributed by atoms with Gasteiger partial charge in [0.15, 0.2) is 17.0 Å². The number of nitrogens with one attached hydrogen (secondary N) is 1. The molecule has 0 spiro atoms. The van der Waals surface area contributed by atoms with Crippen molar-refractivity contribution in [2.24, 2.45) is 0 Å². The van der Waals surface area contributed by atoms with E-state index < -0.39 is 23.9 Å². The van der Waals surface area contributed by atoms with Gasteiger partial charge in [-0.05, 0) is 45.2 Å². The van der Waals surface area contributed by atoms with Crippen LogP contribution in [-0.2, 0) is 31.9 Å². The SMILES string of the molecule is CCOC(=O)CC[C@H](NC(=O)c1ccc(CCc2cnc3nc(N)nc(N)c3n2)s1)C(=O)OCC. The van der Waals surface area contributed by atoms with Crippen molar-refractivity contribution in [3.63, 3.8) is 0 Å². The maximum atomic E-state index is 12.7. The van der Waals surface area contributed by atoms with Crippen LogP contribution >= 0.6 is 11.3 Å². The number of ether oxygens (including phenoxy) is 2. The Labute approximate surface area is 205 Å². The topological polar surface area (TPSA) is 185 Å². The largest absolute Gasteiger partial charge is 0.466 e. The van der Waals surface area contributed by atoms with E-state index in [9.17, 15) is 14.4 Å². The number of esters is 2. The first kappa shape index (κ1) is 25.7. The molecule has 3 aromatic heterocycles. The Morgan fingerprint density at radius 3 is 2.57 bits per heavy atom.